The largest absolute Gasteiger partial charge is 0.488 e. The Morgan fingerprint density at radius 2 is 1.88 bits per heavy atom. The summed E-state index contributed by atoms with van der Waals surface area (Å²) in [4.78, 5) is 33.6. The number of amides is 2. The van der Waals surface area contributed by atoms with E-state index in [2.05, 4.69) is 46.6 Å². The van der Waals surface area contributed by atoms with E-state index in [0.717, 1.165) is 75.8 Å². The van der Waals surface area contributed by atoms with E-state index < -0.39 is 23.3 Å². The second kappa shape index (κ2) is 12.5. The van der Waals surface area contributed by atoms with E-state index in [0.29, 0.717) is 18.9 Å². The number of ether oxygens (including phenoxy) is 2. The number of alkyl carbamates (subject to hydrolysis) is 1. The van der Waals surface area contributed by atoms with Crippen LogP contribution in [0.1, 0.15) is 78.4 Å². The number of carbonyl (C=O) groups is 2. The molecule has 0 aromatic heterocycles. The Balaban J connectivity index is 1.15. The summed E-state index contributed by atoms with van der Waals surface area (Å²) in [6.07, 6.45) is 4.19. The average molecular weight is 665 g/mol. The van der Waals surface area contributed by atoms with Crippen LogP contribution in [0.3, 0.4) is 0 Å². The van der Waals surface area contributed by atoms with Crippen molar-refractivity contribution in [2.75, 3.05) is 7.11 Å². The molecule has 3 aromatic carbocycles. The molecule has 0 spiro atoms. The highest BCUT2D eigenvalue weighted by molar-refractivity contribution is 6.47. The van der Waals surface area contributed by atoms with Crippen LogP contribution in [0.15, 0.2) is 47.5 Å². The van der Waals surface area contributed by atoms with Gasteiger partial charge in [0.25, 0.3) is 0 Å². The first-order valence-electron chi connectivity index (χ1n) is 17.6. The molecule has 10 heteroatoms. The van der Waals surface area contributed by atoms with Crippen LogP contribution in [0.5, 0.6) is 5.75 Å². The van der Waals surface area contributed by atoms with Crippen LogP contribution in [0.4, 0.5) is 10.5 Å². The quantitative estimate of drug-likeness (QED) is 0.287. The van der Waals surface area contributed by atoms with Crippen molar-refractivity contribution in [1.29, 1.82) is 0 Å². The number of aliphatic hydroxyl groups is 1. The number of nitrogens with zero attached hydrogens (tertiary/aromatic N) is 2. The molecule has 1 saturated carbocycles. The Morgan fingerprint density at radius 1 is 1.08 bits per heavy atom. The van der Waals surface area contributed by atoms with Gasteiger partial charge < -0.3 is 29.5 Å². The third-order valence-corrected chi connectivity index (χ3v) is 11.5. The first kappa shape index (κ1) is 33.6. The van der Waals surface area contributed by atoms with E-state index in [1.165, 1.54) is 12.7 Å². The van der Waals surface area contributed by atoms with Gasteiger partial charge in [0.1, 0.15) is 18.4 Å². The minimum absolute atomic E-state index is 0.0438. The van der Waals surface area contributed by atoms with Crippen molar-refractivity contribution in [2.45, 2.75) is 110 Å². The lowest BCUT2D eigenvalue weighted by Crippen LogP contribution is -2.56. The maximum absolute atomic E-state index is 14.2. The summed E-state index contributed by atoms with van der Waals surface area (Å²) < 4.78 is 17.2. The van der Waals surface area contributed by atoms with Gasteiger partial charge >= 0.3 is 13.6 Å². The molecule has 9 nitrogen and oxygen atoms in total. The summed E-state index contributed by atoms with van der Waals surface area (Å²) in [6.45, 7) is 11.6. The predicted molar refractivity (Wildman–Crippen MR) is 192 cm³/mol. The van der Waals surface area contributed by atoms with Gasteiger partial charge in [0.05, 0.1) is 30.0 Å². The molecule has 4 aliphatic rings. The third-order valence-electron chi connectivity index (χ3n) is 11.5. The van der Waals surface area contributed by atoms with Crippen molar-refractivity contribution < 1.29 is 28.8 Å². The van der Waals surface area contributed by atoms with E-state index in [9.17, 15) is 14.7 Å². The molecule has 2 fully saturated rings. The molecule has 1 aliphatic carbocycles. The minimum atomic E-state index is -1.00. The number of likely N-dealkylation sites (tertiary alicyclic amines) is 1. The van der Waals surface area contributed by atoms with Crippen molar-refractivity contribution in [1.82, 2.24) is 10.2 Å². The summed E-state index contributed by atoms with van der Waals surface area (Å²) in [5, 5.41) is 15.5. The highest BCUT2D eigenvalue weighted by Gasteiger charge is 2.50. The van der Waals surface area contributed by atoms with Gasteiger partial charge in [-0.15, -0.1) is 0 Å². The van der Waals surface area contributed by atoms with Gasteiger partial charge in [-0.2, -0.15) is 0 Å². The molecule has 0 unspecified atom stereocenters. The van der Waals surface area contributed by atoms with Crippen molar-refractivity contribution in [2.24, 2.45) is 16.8 Å². The first-order chi connectivity index (χ1) is 23.3. The second-order valence-electron chi connectivity index (χ2n) is 15.5. The lowest BCUT2D eigenvalue weighted by atomic mass is 9.80. The van der Waals surface area contributed by atoms with Gasteiger partial charge in [-0.25, -0.2) is 4.79 Å². The molecule has 7 rings (SSSR count). The van der Waals surface area contributed by atoms with Gasteiger partial charge in [0.2, 0.25) is 5.91 Å². The third kappa shape index (κ3) is 6.01. The Kier molecular flexibility index (Phi) is 8.55. The van der Waals surface area contributed by atoms with Crippen LogP contribution in [-0.4, -0.2) is 71.6 Å². The maximum Gasteiger partial charge on any atom is 0.407 e. The fraction of sp³-hybridized carbons (Fsp3) is 0.513. The number of hydrogen-bond donors (Lipinski definition) is 2. The van der Waals surface area contributed by atoms with E-state index in [1.807, 2.05) is 33.8 Å². The van der Waals surface area contributed by atoms with Crippen LogP contribution in [0.25, 0.3) is 21.9 Å². The smallest absolute Gasteiger partial charge is 0.407 e. The highest BCUT2D eigenvalue weighted by Crippen LogP contribution is 2.47. The number of benzene rings is 3. The minimum Gasteiger partial charge on any atom is -0.488 e. The Bertz CT molecular complexity index is 1850. The van der Waals surface area contributed by atoms with Crippen LogP contribution < -0.4 is 15.5 Å². The zero-order valence-electron chi connectivity index (χ0n) is 29.6. The standard InChI is InChI=1S/C39H47BN3O6/c1-21(2)35(42-37(45)47-7)36(44)43-32-10-8-9-23(32)17-33(43)31-18-28-27-19-34-29(16-22(27)11-14-30(28)41-31)26-13-12-25(15-24(26)20-48-34)40-49-39(5,6)38(3,4)46/h11-16,19,21,23,32-33,35,46H,8-10,17-18,20H2,1-7H3,(H,42,45)/t23-,32-,33-,35-/m0/s1. The van der Waals surface area contributed by atoms with Crippen molar-refractivity contribution in [3.8, 4) is 16.9 Å². The van der Waals surface area contributed by atoms with Gasteiger partial charge in [-0.05, 0) is 104 Å². The summed E-state index contributed by atoms with van der Waals surface area (Å²) in [7, 11) is 3.03. The monoisotopic (exact) mass is 664 g/mol. The fourth-order valence-electron chi connectivity index (χ4n) is 7.94. The number of aliphatic imine (C=N–C) groups is 1. The SMILES string of the molecule is COC(=O)N[C@H](C(=O)N1[C@H](C2=Nc3ccc4cc5c(cc4c3C2)OCc2cc([B]OC(C)(C)C(C)(C)O)ccc2-5)C[C@@H]2CCC[C@@H]21)C(C)C. The molecule has 1 saturated heterocycles. The highest BCUT2D eigenvalue weighted by atomic mass is 16.5. The number of carbonyl (C=O) groups excluding carboxylic acids is 2. The number of methoxy groups -OCH3 is 1. The van der Waals surface area contributed by atoms with Gasteiger partial charge in [-0.1, -0.05) is 50.0 Å². The lowest BCUT2D eigenvalue weighted by Gasteiger charge is -2.37. The molecular weight excluding hydrogens is 617 g/mol. The molecule has 2 amide bonds. The van der Waals surface area contributed by atoms with Crippen molar-refractivity contribution in [3.63, 3.8) is 0 Å². The molecule has 3 heterocycles. The molecule has 4 atom stereocenters. The van der Waals surface area contributed by atoms with Gasteiger partial charge in [0.15, 0.2) is 0 Å². The Labute approximate surface area is 289 Å². The van der Waals surface area contributed by atoms with Gasteiger partial charge in [0, 0.05) is 23.7 Å². The second-order valence-corrected chi connectivity index (χ2v) is 15.5. The lowest BCUT2D eigenvalue weighted by molar-refractivity contribution is -0.136. The van der Waals surface area contributed by atoms with Gasteiger partial charge in [-0.3, -0.25) is 9.79 Å². The predicted octanol–water partition coefficient (Wildman–Crippen LogP) is 5.99. The molecular formula is C39H47BN3O6. The van der Waals surface area contributed by atoms with Crippen LogP contribution >= 0.6 is 0 Å². The summed E-state index contributed by atoms with van der Waals surface area (Å²) >= 11 is 0. The molecule has 2 N–H and O–H groups in total. The number of hydrogen-bond acceptors (Lipinski definition) is 7. The number of rotatable bonds is 8. The van der Waals surface area contributed by atoms with E-state index >= 15 is 0 Å². The molecule has 1 radical (unpaired) electrons. The molecule has 0 bridgehead atoms. The van der Waals surface area contributed by atoms with Crippen molar-refractivity contribution >= 4 is 47.1 Å². The topological polar surface area (TPSA) is 110 Å². The Morgan fingerprint density at radius 3 is 2.61 bits per heavy atom. The van der Waals surface area contributed by atoms with E-state index in [-0.39, 0.29) is 23.9 Å². The molecule has 3 aliphatic heterocycles. The maximum atomic E-state index is 14.2. The first-order valence-corrected chi connectivity index (χ1v) is 17.6. The summed E-state index contributed by atoms with van der Waals surface area (Å²) in [5.74, 6) is 1.16. The average Bonchev–Trinajstić information content (AvgIpc) is 3.79. The van der Waals surface area contributed by atoms with Crippen LogP contribution in [0.2, 0.25) is 0 Å². The van der Waals surface area contributed by atoms with Crippen molar-refractivity contribution in [3.05, 3.63) is 53.6 Å². The molecule has 49 heavy (non-hydrogen) atoms. The summed E-state index contributed by atoms with van der Waals surface area (Å²) in [6, 6.07) is 14.2. The normalized spacial score (nSPS) is 21.8. The van der Waals surface area contributed by atoms with Crippen LogP contribution in [-0.2, 0) is 27.2 Å². The number of nitrogens with one attached hydrogen (secondary N) is 1. The zero-order valence-corrected chi connectivity index (χ0v) is 29.6. The number of fused-ring (bicyclic) bond motifs is 7. The molecule has 3 aromatic rings. The zero-order chi connectivity index (χ0) is 34.8. The summed E-state index contributed by atoms with van der Waals surface area (Å²) in [5.41, 5.74) is 5.56. The molecule has 257 valence electrons. The van der Waals surface area contributed by atoms with E-state index in [1.54, 1.807) is 21.3 Å². The Hall–Kier alpha value is -3.89. The van der Waals surface area contributed by atoms with E-state index in [4.69, 9.17) is 19.1 Å². The van der Waals surface area contributed by atoms with Crippen LogP contribution in [0, 0.1) is 11.8 Å². The fourth-order valence-corrected chi connectivity index (χ4v) is 7.94.